The molecule has 1 aromatic heterocycles. The number of H-pyrrole nitrogens is 1. The first-order chi connectivity index (χ1) is 9.40. The lowest BCUT2D eigenvalue weighted by atomic mass is 10.3. The Balaban J connectivity index is 1.53. The van der Waals surface area contributed by atoms with E-state index in [1.165, 1.54) is 30.6 Å². The van der Waals surface area contributed by atoms with Crippen LogP contribution in [0.4, 0.5) is 5.69 Å². The van der Waals surface area contributed by atoms with Gasteiger partial charge in [-0.1, -0.05) is 12.8 Å². The van der Waals surface area contributed by atoms with E-state index in [-0.39, 0.29) is 0 Å². The highest BCUT2D eigenvalue weighted by atomic mass is 32.2. The third-order valence-electron chi connectivity index (χ3n) is 3.50. The van der Waals surface area contributed by atoms with E-state index in [2.05, 4.69) is 39.8 Å². The Bertz CT molecular complexity index is 487. The van der Waals surface area contributed by atoms with Crippen molar-refractivity contribution >= 4 is 17.4 Å². The van der Waals surface area contributed by atoms with Crippen LogP contribution < -0.4 is 5.32 Å². The molecule has 1 saturated carbocycles. The Morgan fingerprint density at radius 3 is 2.63 bits per heavy atom. The van der Waals surface area contributed by atoms with Crippen LogP contribution in [0.5, 0.6) is 0 Å². The highest BCUT2D eigenvalue weighted by molar-refractivity contribution is 8.00. The molecule has 1 aliphatic rings. The summed E-state index contributed by atoms with van der Waals surface area (Å²) in [6, 6.07) is 10.7. The summed E-state index contributed by atoms with van der Waals surface area (Å²) in [6.07, 6.45) is 7.34. The van der Waals surface area contributed by atoms with Crippen molar-refractivity contribution in [2.24, 2.45) is 0 Å². The van der Waals surface area contributed by atoms with Crippen molar-refractivity contribution < 1.29 is 0 Å². The van der Waals surface area contributed by atoms with Gasteiger partial charge >= 0.3 is 0 Å². The molecule has 0 radical (unpaired) electrons. The summed E-state index contributed by atoms with van der Waals surface area (Å²) in [5.74, 6) is 0. The van der Waals surface area contributed by atoms with Crippen LogP contribution >= 0.6 is 11.8 Å². The van der Waals surface area contributed by atoms with Crippen molar-refractivity contribution in [1.29, 1.82) is 0 Å². The monoisotopic (exact) mass is 273 g/mol. The molecule has 0 bridgehead atoms. The van der Waals surface area contributed by atoms with Gasteiger partial charge < -0.3 is 5.32 Å². The van der Waals surface area contributed by atoms with Gasteiger partial charge in [0.1, 0.15) is 0 Å². The Hall–Kier alpha value is -1.42. The van der Waals surface area contributed by atoms with Crippen LogP contribution in [0, 0.1) is 0 Å². The number of hydrogen-bond donors (Lipinski definition) is 2. The third kappa shape index (κ3) is 3.53. The maximum absolute atomic E-state index is 3.94. The van der Waals surface area contributed by atoms with E-state index in [4.69, 9.17) is 0 Å². The summed E-state index contributed by atoms with van der Waals surface area (Å²) in [6.45, 7) is 0.787. The highest BCUT2D eigenvalue weighted by Gasteiger charge is 2.15. The van der Waals surface area contributed by atoms with Gasteiger partial charge in [-0.3, -0.25) is 5.10 Å². The minimum atomic E-state index is 0.787. The largest absolute Gasteiger partial charge is 0.379 e. The number of rotatable bonds is 5. The molecule has 100 valence electrons. The second kappa shape index (κ2) is 6.15. The van der Waals surface area contributed by atoms with E-state index in [9.17, 15) is 0 Å². The molecule has 0 spiro atoms. The highest BCUT2D eigenvalue weighted by Crippen LogP contribution is 2.34. The molecule has 0 aliphatic heterocycles. The zero-order valence-corrected chi connectivity index (χ0v) is 11.7. The fourth-order valence-electron chi connectivity index (χ4n) is 2.43. The van der Waals surface area contributed by atoms with Gasteiger partial charge in [0.15, 0.2) is 0 Å². The number of anilines is 1. The van der Waals surface area contributed by atoms with Crippen LogP contribution in [0.1, 0.15) is 31.4 Å². The third-order valence-corrected chi connectivity index (χ3v) is 4.85. The van der Waals surface area contributed by atoms with Crippen LogP contribution in [0.25, 0.3) is 0 Å². The second-order valence-electron chi connectivity index (χ2n) is 4.98. The standard InChI is InChI=1S/C15H19N3S/c1-2-4-14(3-1)19-15-7-5-12(6-8-15)16-11-13-9-10-17-18-13/h5-10,14,16H,1-4,11H2,(H,17,18). The summed E-state index contributed by atoms with van der Waals surface area (Å²) in [5.41, 5.74) is 2.26. The van der Waals surface area contributed by atoms with Gasteiger partial charge in [-0.25, -0.2) is 0 Å². The number of thioether (sulfide) groups is 1. The lowest BCUT2D eigenvalue weighted by molar-refractivity contribution is 0.886. The predicted octanol–water partition coefficient (Wildman–Crippen LogP) is 4.06. The maximum atomic E-state index is 3.94. The fraction of sp³-hybridized carbons (Fsp3) is 0.400. The molecule has 3 rings (SSSR count). The van der Waals surface area contributed by atoms with E-state index < -0.39 is 0 Å². The summed E-state index contributed by atoms with van der Waals surface area (Å²) < 4.78 is 0. The average molecular weight is 273 g/mol. The smallest absolute Gasteiger partial charge is 0.0567 e. The minimum absolute atomic E-state index is 0.787. The lowest BCUT2D eigenvalue weighted by Crippen LogP contribution is -1.99. The van der Waals surface area contributed by atoms with Crippen molar-refractivity contribution in [3.05, 3.63) is 42.2 Å². The summed E-state index contributed by atoms with van der Waals surface area (Å²) in [5, 5.41) is 11.1. The number of benzene rings is 1. The zero-order valence-electron chi connectivity index (χ0n) is 10.9. The summed E-state index contributed by atoms with van der Waals surface area (Å²) in [7, 11) is 0. The van der Waals surface area contributed by atoms with Crippen LogP contribution in [0.15, 0.2) is 41.4 Å². The summed E-state index contributed by atoms with van der Waals surface area (Å²) >= 11 is 2.03. The minimum Gasteiger partial charge on any atom is -0.379 e. The Kier molecular flexibility index (Phi) is 4.08. The average Bonchev–Trinajstić information content (AvgIpc) is 3.11. The summed E-state index contributed by atoms with van der Waals surface area (Å²) in [4.78, 5) is 1.39. The maximum Gasteiger partial charge on any atom is 0.0567 e. The first kappa shape index (κ1) is 12.6. The Labute approximate surface area is 118 Å². The van der Waals surface area contributed by atoms with Gasteiger partial charge in [0.25, 0.3) is 0 Å². The topological polar surface area (TPSA) is 40.7 Å². The number of aromatic amines is 1. The van der Waals surface area contributed by atoms with Crippen LogP contribution in [0.2, 0.25) is 0 Å². The molecule has 3 nitrogen and oxygen atoms in total. The first-order valence-electron chi connectivity index (χ1n) is 6.89. The van der Waals surface area contributed by atoms with E-state index in [0.29, 0.717) is 0 Å². The van der Waals surface area contributed by atoms with Crippen molar-refractivity contribution in [3.63, 3.8) is 0 Å². The molecule has 4 heteroatoms. The van der Waals surface area contributed by atoms with E-state index in [1.54, 1.807) is 6.20 Å². The second-order valence-corrected chi connectivity index (χ2v) is 6.36. The molecular formula is C15H19N3S. The molecule has 0 atom stereocenters. The SMILES string of the molecule is c1cc(CNc2ccc(SC3CCCC3)cc2)[nH]n1. The Morgan fingerprint density at radius 1 is 1.16 bits per heavy atom. The molecule has 0 amide bonds. The number of hydrogen-bond acceptors (Lipinski definition) is 3. The van der Waals surface area contributed by atoms with E-state index in [1.807, 2.05) is 17.8 Å². The molecule has 1 aromatic carbocycles. The Morgan fingerprint density at radius 2 is 1.95 bits per heavy atom. The molecule has 0 unspecified atom stereocenters. The number of nitrogens with zero attached hydrogens (tertiary/aromatic N) is 1. The van der Waals surface area contributed by atoms with Crippen molar-refractivity contribution in [1.82, 2.24) is 10.2 Å². The van der Waals surface area contributed by atoms with Gasteiger partial charge in [-0.2, -0.15) is 5.10 Å². The molecule has 1 fully saturated rings. The molecule has 0 saturated heterocycles. The van der Waals surface area contributed by atoms with E-state index >= 15 is 0 Å². The van der Waals surface area contributed by atoms with Gasteiger partial charge in [0.2, 0.25) is 0 Å². The number of aromatic nitrogens is 2. The zero-order chi connectivity index (χ0) is 12.9. The fourth-order valence-corrected chi connectivity index (χ4v) is 3.68. The van der Waals surface area contributed by atoms with E-state index in [0.717, 1.165) is 23.2 Å². The van der Waals surface area contributed by atoms with Crippen LogP contribution in [-0.2, 0) is 6.54 Å². The van der Waals surface area contributed by atoms with Crippen molar-refractivity contribution in [2.45, 2.75) is 42.4 Å². The molecular weight excluding hydrogens is 254 g/mol. The van der Waals surface area contributed by atoms with Crippen molar-refractivity contribution in [2.75, 3.05) is 5.32 Å². The molecule has 19 heavy (non-hydrogen) atoms. The quantitative estimate of drug-likeness (QED) is 0.863. The molecule has 2 N–H and O–H groups in total. The van der Waals surface area contributed by atoms with Gasteiger partial charge in [-0.15, -0.1) is 11.8 Å². The van der Waals surface area contributed by atoms with Crippen molar-refractivity contribution in [3.8, 4) is 0 Å². The first-order valence-corrected chi connectivity index (χ1v) is 7.77. The predicted molar refractivity (Wildman–Crippen MR) is 80.5 cm³/mol. The van der Waals surface area contributed by atoms with Gasteiger partial charge in [0, 0.05) is 22.0 Å². The van der Waals surface area contributed by atoms with Crippen LogP contribution in [0.3, 0.4) is 0 Å². The normalized spacial score (nSPS) is 15.8. The number of nitrogens with one attached hydrogen (secondary N) is 2. The lowest BCUT2D eigenvalue weighted by Gasteiger charge is -2.10. The molecule has 1 heterocycles. The molecule has 2 aromatic rings. The van der Waals surface area contributed by atoms with Gasteiger partial charge in [-0.05, 0) is 43.2 Å². The van der Waals surface area contributed by atoms with Crippen LogP contribution in [-0.4, -0.2) is 15.4 Å². The molecule has 1 aliphatic carbocycles. The van der Waals surface area contributed by atoms with Gasteiger partial charge in [0.05, 0.1) is 12.2 Å².